The van der Waals surface area contributed by atoms with Gasteiger partial charge in [-0.25, -0.2) is 9.78 Å². The van der Waals surface area contributed by atoms with Crippen LogP contribution in [0, 0.1) is 0 Å². The number of carbonyl (C=O) groups excluding carboxylic acids is 3. The summed E-state index contributed by atoms with van der Waals surface area (Å²) < 4.78 is 6.62. The lowest BCUT2D eigenvalue weighted by Gasteiger charge is -2.22. The summed E-state index contributed by atoms with van der Waals surface area (Å²) in [7, 11) is 3.08. The molecule has 1 aliphatic heterocycles. The van der Waals surface area contributed by atoms with E-state index in [9.17, 15) is 14.4 Å². The number of anilines is 1. The number of rotatable bonds is 6. The van der Waals surface area contributed by atoms with Crippen LogP contribution in [0.25, 0.3) is 22.3 Å². The summed E-state index contributed by atoms with van der Waals surface area (Å²) in [6, 6.07) is 17.4. The van der Waals surface area contributed by atoms with Crippen LogP contribution in [0.1, 0.15) is 27.1 Å². The molecule has 5 rings (SSSR count). The summed E-state index contributed by atoms with van der Waals surface area (Å²) >= 11 is 0. The topological polar surface area (TPSA) is 132 Å². The lowest BCUT2D eigenvalue weighted by molar-refractivity contribution is -0.145. The molecule has 1 aliphatic rings. The Kier molecular flexibility index (Phi) is 7.09. The van der Waals surface area contributed by atoms with Gasteiger partial charge in [0.2, 0.25) is 0 Å². The zero-order chi connectivity index (χ0) is 27.5. The number of nitrogen functional groups attached to an aromatic ring is 1. The van der Waals surface area contributed by atoms with Crippen molar-refractivity contribution >= 4 is 23.6 Å². The predicted molar refractivity (Wildman–Crippen MR) is 145 cm³/mol. The number of hydrogen-bond donors (Lipinski definition) is 2. The zero-order valence-electron chi connectivity index (χ0n) is 21.6. The van der Waals surface area contributed by atoms with Crippen molar-refractivity contribution in [2.45, 2.75) is 18.5 Å². The predicted octanol–water partition coefficient (Wildman–Crippen LogP) is 2.92. The van der Waals surface area contributed by atoms with E-state index in [2.05, 4.69) is 15.4 Å². The van der Waals surface area contributed by atoms with E-state index in [1.807, 2.05) is 48.7 Å². The van der Waals surface area contributed by atoms with Gasteiger partial charge in [-0.1, -0.05) is 42.5 Å². The fourth-order valence-electron chi connectivity index (χ4n) is 4.77. The van der Waals surface area contributed by atoms with Crippen LogP contribution < -0.4 is 11.1 Å². The highest BCUT2D eigenvalue weighted by Crippen LogP contribution is 2.26. The number of ether oxygens (including phenoxy) is 1. The first-order chi connectivity index (χ1) is 18.8. The average molecular weight is 525 g/mol. The maximum absolute atomic E-state index is 13.5. The SMILES string of the molecule is COC(=O)[C@@H]1C[C@H](NC(=O)c2cc(-c3cnn(C)c3)cnc2N)CN1C(=O)c1ccc(-c2ccccc2)cc1. The molecule has 2 aromatic carbocycles. The molecule has 0 spiro atoms. The van der Waals surface area contributed by atoms with E-state index < -0.39 is 24.0 Å². The molecule has 10 heteroatoms. The van der Waals surface area contributed by atoms with E-state index in [0.29, 0.717) is 11.1 Å². The Morgan fingerprint density at radius 3 is 2.36 bits per heavy atom. The van der Waals surface area contributed by atoms with Gasteiger partial charge >= 0.3 is 5.97 Å². The Bertz CT molecular complexity index is 1520. The van der Waals surface area contributed by atoms with Crippen LogP contribution in [0.5, 0.6) is 0 Å². The van der Waals surface area contributed by atoms with Crippen molar-refractivity contribution in [1.29, 1.82) is 0 Å². The minimum Gasteiger partial charge on any atom is -0.467 e. The number of nitrogens with zero attached hydrogens (tertiary/aromatic N) is 4. The number of nitrogens with two attached hydrogens (primary N) is 1. The van der Waals surface area contributed by atoms with Crippen LogP contribution in [0.3, 0.4) is 0 Å². The standard InChI is InChI=1S/C29H28N6O4/c1-34-16-22(15-32-34)21-12-24(26(30)31-14-21)27(36)33-23-13-25(29(38)39-2)35(17-23)28(37)20-10-8-19(9-11-20)18-6-4-3-5-7-18/h3-12,14-16,23,25H,13,17H2,1-2H3,(H2,30,31)(H,33,36)/t23-,25-/m0/s1. The zero-order valence-corrected chi connectivity index (χ0v) is 21.6. The number of pyridine rings is 1. The largest absolute Gasteiger partial charge is 0.467 e. The molecule has 2 atom stereocenters. The number of carbonyl (C=O) groups is 3. The maximum Gasteiger partial charge on any atom is 0.328 e. The van der Waals surface area contributed by atoms with Crippen molar-refractivity contribution in [2.75, 3.05) is 19.4 Å². The Balaban J connectivity index is 1.33. The summed E-state index contributed by atoms with van der Waals surface area (Å²) in [6.07, 6.45) is 5.27. The second-order valence-electron chi connectivity index (χ2n) is 9.41. The van der Waals surface area contributed by atoms with Crippen molar-refractivity contribution in [3.05, 3.63) is 90.4 Å². The first-order valence-corrected chi connectivity index (χ1v) is 12.4. The second-order valence-corrected chi connectivity index (χ2v) is 9.41. The molecule has 0 unspecified atom stereocenters. The normalized spacial score (nSPS) is 16.6. The Morgan fingerprint density at radius 1 is 0.974 bits per heavy atom. The first-order valence-electron chi connectivity index (χ1n) is 12.4. The number of esters is 1. The minimum atomic E-state index is -0.834. The molecule has 1 saturated heterocycles. The molecule has 2 amide bonds. The van der Waals surface area contributed by atoms with E-state index in [-0.39, 0.29) is 30.3 Å². The third kappa shape index (κ3) is 5.35. The van der Waals surface area contributed by atoms with Gasteiger partial charge in [-0.05, 0) is 29.3 Å². The van der Waals surface area contributed by atoms with Gasteiger partial charge in [0.25, 0.3) is 11.8 Å². The maximum atomic E-state index is 13.5. The average Bonchev–Trinajstić information content (AvgIpc) is 3.59. The van der Waals surface area contributed by atoms with E-state index in [0.717, 1.165) is 16.7 Å². The van der Waals surface area contributed by atoms with Crippen molar-refractivity contribution < 1.29 is 19.1 Å². The van der Waals surface area contributed by atoms with Crippen LogP contribution >= 0.6 is 0 Å². The van der Waals surface area contributed by atoms with Crippen LogP contribution in [-0.4, -0.2) is 63.2 Å². The number of amides is 2. The highest BCUT2D eigenvalue weighted by molar-refractivity contribution is 6.00. The van der Waals surface area contributed by atoms with Crippen molar-refractivity contribution in [1.82, 2.24) is 25.0 Å². The molecule has 10 nitrogen and oxygen atoms in total. The van der Waals surface area contributed by atoms with Crippen molar-refractivity contribution in [2.24, 2.45) is 7.05 Å². The van der Waals surface area contributed by atoms with Gasteiger partial charge in [0.1, 0.15) is 11.9 Å². The van der Waals surface area contributed by atoms with Gasteiger partial charge in [-0.15, -0.1) is 0 Å². The van der Waals surface area contributed by atoms with Crippen molar-refractivity contribution in [3.63, 3.8) is 0 Å². The molecule has 3 heterocycles. The van der Waals surface area contributed by atoms with E-state index >= 15 is 0 Å². The second kappa shape index (κ2) is 10.8. The number of aromatic nitrogens is 3. The van der Waals surface area contributed by atoms with Gasteiger partial charge < -0.3 is 20.7 Å². The molecule has 0 radical (unpaired) electrons. The third-order valence-electron chi connectivity index (χ3n) is 6.81. The number of likely N-dealkylation sites (tertiary alicyclic amines) is 1. The molecular formula is C29H28N6O4. The van der Waals surface area contributed by atoms with Gasteiger partial charge in [-0.3, -0.25) is 14.3 Å². The lowest BCUT2D eigenvalue weighted by Crippen LogP contribution is -2.42. The highest BCUT2D eigenvalue weighted by atomic mass is 16.5. The van der Waals surface area contributed by atoms with Gasteiger partial charge in [-0.2, -0.15) is 5.10 Å². The smallest absolute Gasteiger partial charge is 0.328 e. The van der Waals surface area contributed by atoms with Gasteiger partial charge in [0.15, 0.2) is 0 Å². The number of benzene rings is 2. The molecule has 39 heavy (non-hydrogen) atoms. The molecular weight excluding hydrogens is 496 g/mol. The molecule has 198 valence electrons. The van der Waals surface area contributed by atoms with Gasteiger partial charge in [0.05, 0.1) is 18.9 Å². The van der Waals surface area contributed by atoms with E-state index in [1.165, 1.54) is 12.0 Å². The van der Waals surface area contributed by atoms with Crippen LogP contribution in [0.4, 0.5) is 5.82 Å². The Hall–Kier alpha value is -4.99. The molecule has 3 N–H and O–H groups in total. The van der Waals surface area contributed by atoms with Crippen LogP contribution in [-0.2, 0) is 16.6 Å². The van der Waals surface area contributed by atoms with Crippen LogP contribution in [0.2, 0.25) is 0 Å². The molecule has 2 aromatic heterocycles. The summed E-state index contributed by atoms with van der Waals surface area (Å²) in [5.74, 6) is -1.22. The number of hydrogen-bond acceptors (Lipinski definition) is 7. The van der Waals surface area contributed by atoms with Crippen molar-refractivity contribution in [3.8, 4) is 22.3 Å². The van der Waals surface area contributed by atoms with E-state index in [1.54, 1.807) is 42.3 Å². The number of nitrogens with one attached hydrogen (secondary N) is 1. The number of methoxy groups -OCH3 is 1. The molecule has 4 aromatic rings. The minimum absolute atomic E-state index is 0.0779. The van der Waals surface area contributed by atoms with Crippen LogP contribution in [0.15, 0.2) is 79.3 Å². The quantitative estimate of drug-likeness (QED) is 0.371. The number of aryl methyl sites for hydroxylation is 1. The fourth-order valence-corrected chi connectivity index (χ4v) is 4.77. The third-order valence-corrected chi connectivity index (χ3v) is 6.81. The summed E-state index contributed by atoms with van der Waals surface area (Å²) in [5, 5.41) is 7.07. The fraction of sp³-hybridized carbons (Fsp3) is 0.207. The molecule has 1 fully saturated rings. The summed E-state index contributed by atoms with van der Waals surface area (Å²) in [5.41, 5.74) is 10.2. The molecule has 0 bridgehead atoms. The summed E-state index contributed by atoms with van der Waals surface area (Å²) in [6.45, 7) is 0.139. The summed E-state index contributed by atoms with van der Waals surface area (Å²) in [4.78, 5) is 44.9. The first kappa shape index (κ1) is 25.7. The molecule has 0 aliphatic carbocycles. The Morgan fingerprint density at radius 2 is 1.69 bits per heavy atom. The van der Waals surface area contributed by atoms with E-state index in [4.69, 9.17) is 10.5 Å². The Labute approximate surface area is 225 Å². The monoisotopic (exact) mass is 524 g/mol. The lowest BCUT2D eigenvalue weighted by atomic mass is 10.0. The highest BCUT2D eigenvalue weighted by Gasteiger charge is 2.41. The molecule has 0 saturated carbocycles. The van der Waals surface area contributed by atoms with Gasteiger partial charge in [0, 0.05) is 55.1 Å².